The zero-order valence-electron chi connectivity index (χ0n) is 9.15. The van der Waals surface area contributed by atoms with Crippen molar-refractivity contribution in [3.05, 3.63) is 0 Å². The normalized spacial score (nSPS) is 21.4. The first-order valence-corrected chi connectivity index (χ1v) is 5.10. The molecule has 0 rings (SSSR count). The average Bonchev–Trinajstić information content (AvgIpc) is 2.01. The summed E-state index contributed by atoms with van der Waals surface area (Å²) in [7, 11) is 2.16. The maximum atomic E-state index is 12.9. The molecule has 0 aromatic carbocycles. The standard InChI is InChI=1S/C10H22BF/c1-5-8(2)10(4,7-11)6-9(3)12/h8-9H,5-7,11H2,1-4H3. The number of halogens is 1. The van der Waals surface area contributed by atoms with E-state index in [9.17, 15) is 4.39 Å². The van der Waals surface area contributed by atoms with Crippen molar-refractivity contribution in [1.82, 2.24) is 0 Å². The minimum atomic E-state index is -0.663. The molecule has 12 heavy (non-hydrogen) atoms. The van der Waals surface area contributed by atoms with Crippen LogP contribution in [-0.2, 0) is 0 Å². The molecular weight excluding hydrogens is 150 g/mol. The van der Waals surface area contributed by atoms with Gasteiger partial charge in [0.1, 0.15) is 7.85 Å². The molecule has 0 aliphatic carbocycles. The summed E-state index contributed by atoms with van der Waals surface area (Å²) in [4.78, 5) is 0. The van der Waals surface area contributed by atoms with E-state index in [1.165, 1.54) is 0 Å². The summed E-state index contributed by atoms with van der Waals surface area (Å²) in [6.07, 6.45) is 2.27. The summed E-state index contributed by atoms with van der Waals surface area (Å²) in [6, 6.07) is 0. The first-order chi connectivity index (χ1) is 5.46. The molecule has 0 radical (unpaired) electrons. The lowest BCUT2D eigenvalue weighted by Crippen LogP contribution is -2.27. The van der Waals surface area contributed by atoms with Gasteiger partial charge in [-0.05, 0) is 24.7 Å². The average molecular weight is 172 g/mol. The van der Waals surface area contributed by atoms with Crippen LogP contribution in [0.4, 0.5) is 4.39 Å². The Kier molecular flexibility index (Phi) is 4.88. The predicted octanol–water partition coefficient (Wildman–Crippen LogP) is 2.84. The highest BCUT2D eigenvalue weighted by molar-refractivity contribution is 6.09. The molecule has 0 aromatic rings. The number of hydrogen-bond donors (Lipinski definition) is 0. The van der Waals surface area contributed by atoms with Gasteiger partial charge in [0.05, 0.1) is 6.17 Å². The Labute approximate surface area is 77.3 Å². The molecule has 0 bridgehead atoms. The van der Waals surface area contributed by atoms with Crippen molar-refractivity contribution in [2.75, 3.05) is 0 Å². The smallest absolute Gasteiger partial charge is 0.102 e. The lowest BCUT2D eigenvalue weighted by molar-refractivity contribution is 0.152. The molecule has 0 saturated carbocycles. The third-order valence-corrected chi connectivity index (χ3v) is 3.36. The fourth-order valence-corrected chi connectivity index (χ4v) is 1.83. The number of rotatable bonds is 5. The summed E-state index contributed by atoms with van der Waals surface area (Å²) in [6.45, 7) is 8.28. The molecule has 0 aliphatic heterocycles. The highest BCUT2D eigenvalue weighted by atomic mass is 19.1. The molecule has 0 amide bonds. The van der Waals surface area contributed by atoms with E-state index in [1.54, 1.807) is 6.92 Å². The minimum absolute atomic E-state index is 0.197. The van der Waals surface area contributed by atoms with Crippen molar-refractivity contribution in [1.29, 1.82) is 0 Å². The van der Waals surface area contributed by atoms with Gasteiger partial charge in [-0.1, -0.05) is 33.5 Å². The summed E-state index contributed by atoms with van der Waals surface area (Å²) >= 11 is 0. The maximum Gasteiger partial charge on any atom is 0.102 e. The Morgan fingerprint density at radius 3 is 2.17 bits per heavy atom. The SMILES string of the molecule is BCC(C)(CC(C)F)C(C)CC. The molecular formula is C10H22BF. The van der Waals surface area contributed by atoms with Crippen molar-refractivity contribution >= 4 is 7.85 Å². The molecule has 0 fully saturated rings. The summed E-state index contributed by atoms with van der Waals surface area (Å²) < 4.78 is 12.9. The second-order valence-corrected chi connectivity index (χ2v) is 4.30. The number of alkyl halides is 1. The van der Waals surface area contributed by atoms with Crippen LogP contribution < -0.4 is 0 Å². The monoisotopic (exact) mass is 172 g/mol. The van der Waals surface area contributed by atoms with Gasteiger partial charge in [0.15, 0.2) is 0 Å². The van der Waals surface area contributed by atoms with Gasteiger partial charge in [0.25, 0.3) is 0 Å². The third kappa shape index (κ3) is 3.16. The van der Waals surface area contributed by atoms with Gasteiger partial charge in [-0.3, -0.25) is 0 Å². The van der Waals surface area contributed by atoms with Crippen LogP contribution in [-0.4, -0.2) is 14.0 Å². The van der Waals surface area contributed by atoms with Gasteiger partial charge in [-0.2, -0.15) is 0 Å². The highest BCUT2D eigenvalue weighted by Gasteiger charge is 2.29. The number of hydrogen-bond acceptors (Lipinski definition) is 0. The van der Waals surface area contributed by atoms with E-state index in [1.807, 2.05) is 0 Å². The first kappa shape index (κ1) is 12.0. The lowest BCUT2D eigenvalue weighted by atomic mass is 9.66. The van der Waals surface area contributed by atoms with Gasteiger partial charge < -0.3 is 0 Å². The zero-order chi connectivity index (χ0) is 9.78. The van der Waals surface area contributed by atoms with Crippen LogP contribution in [0, 0.1) is 11.3 Å². The van der Waals surface area contributed by atoms with Gasteiger partial charge in [-0.15, -0.1) is 0 Å². The van der Waals surface area contributed by atoms with E-state index in [0.717, 1.165) is 12.7 Å². The summed E-state index contributed by atoms with van der Waals surface area (Å²) in [5, 5.41) is 0. The Bertz CT molecular complexity index is 125. The van der Waals surface area contributed by atoms with E-state index in [0.29, 0.717) is 12.3 Å². The van der Waals surface area contributed by atoms with Crippen LogP contribution in [0.2, 0.25) is 6.32 Å². The summed E-state index contributed by atoms with van der Waals surface area (Å²) in [5.74, 6) is 0.626. The second-order valence-electron chi connectivity index (χ2n) is 4.30. The maximum absolute atomic E-state index is 12.9. The highest BCUT2D eigenvalue weighted by Crippen LogP contribution is 2.37. The van der Waals surface area contributed by atoms with Crippen molar-refractivity contribution in [2.45, 2.75) is 53.0 Å². The predicted molar refractivity (Wildman–Crippen MR) is 56.1 cm³/mol. The fraction of sp³-hybridized carbons (Fsp3) is 1.00. The minimum Gasteiger partial charge on any atom is -0.248 e. The van der Waals surface area contributed by atoms with Gasteiger partial charge in [0, 0.05) is 0 Å². The van der Waals surface area contributed by atoms with E-state index in [4.69, 9.17) is 0 Å². The lowest BCUT2D eigenvalue weighted by Gasteiger charge is -2.35. The van der Waals surface area contributed by atoms with Crippen LogP contribution in [0.5, 0.6) is 0 Å². The molecule has 0 heterocycles. The molecule has 0 N–H and O–H groups in total. The van der Waals surface area contributed by atoms with E-state index in [-0.39, 0.29) is 5.41 Å². The van der Waals surface area contributed by atoms with Crippen LogP contribution in [0.25, 0.3) is 0 Å². The third-order valence-electron chi connectivity index (χ3n) is 3.36. The van der Waals surface area contributed by atoms with E-state index >= 15 is 0 Å². The zero-order valence-corrected chi connectivity index (χ0v) is 9.15. The van der Waals surface area contributed by atoms with Crippen LogP contribution in [0.15, 0.2) is 0 Å². The quantitative estimate of drug-likeness (QED) is 0.559. The Hall–Kier alpha value is -0.00506. The Balaban J connectivity index is 4.22. The van der Waals surface area contributed by atoms with Crippen LogP contribution >= 0.6 is 0 Å². The topological polar surface area (TPSA) is 0 Å². The van der Waals surface area contributed by atoms with Crippen LogP contribution in [0.3, 0.4) is 0 Å². The van der Waals surface area contributed by atoms with Crippen molar-refractivity contribution in [3.63, 3.8) is 0 Å². The van der Waals surface area contributed by atoms with E-state index < -0.39 is 6.17 Å². The first-order valence-electron chi connectivity index (χ1n) is 5.10. The van der Waals surface area contributed by atoms with Crippen LogP contribution in [0.1, 0.15) is 40.5 Å². The molecule has 3 unspecified atom stereocenters. The molecule has 2 heteroatoms. The molecule has 3 atom stereocenters. The Morgan fingerprint density at radius 1 is 1.42 bits per heavy atom. The van der Waals surface area contributed by atoms with Gasteiger partial charge >= 0.3 is 0 Å². The van der Waals surface area contributed by atoms with Crippen molar-refractivity contribution in [3.8, 4) is 0 Å². The largest absolute Gasteiger partial charge is 0.248 e. The molecule has 0 spiro atoms. The second kappa shape index (κ2) is 4.88. The molecule has 0 nitrogen and oxygen atoms in total. The Morgan fingerprint density at radius 2 is 1.92 bits per heavy atom. The van der Waals surface area contributed by atoms with Crippen molar-refractivity contribution in [2.24, 2.45) is 11.3 Å². The molecule has 0 aliphatic rings. The molecule has 0 saturated heterocycles. The van der Waals surface area contributed by atoms with Crippen molar-refractivity contribution < 1.29 is 4.39 Å². The molecule has 72 valence electrons. The summed E-state index contributed by atoms with van der Waals surface area (Å²) in [5.41, 5.74) is 0.197. The van der Waals surface area contributed by atoms with Gasteiger partial charge in [-0.25, -0.2) is 4.39 Å². The van der Waals surface area contributed by atoms with Gasteiger partial charge in [0.2, 0.25) is 0 Å². The fourth-order valence-electron chi connectivity index (χ4n) is 1.83. The van der Waals surface area contributed by atoms with E-state index in [2.05, 4.69) is 28.6 Å². The molecule has 0 aromatic heterocycles.